The number of nitrogens with two attached hydrogens (primary N) is 1. The molecule has 19 heavy (non-hydrogen) atoms. The van der Waals surface area contributed by atoms with Crippen LogP contribution in [-0.4, -0.2) is 15.7 Å². The first-order chi connectivity index (χ1) is 9.08. The fraction of sp³-hybridized carbons (Fsp3) is 0.533. The second kappa shape index (κ2) is 5.51. The van der Waals surface area contributed by atoms with E-state index in [0.29, 0.717) is 12.0 Å². The topological polar surface area (TPSA) is 53.1 Å². The van der Waals surface area contributed by atoms with Crippen molar-refractivity contribution in [3.8, 4) is 5.75 Å². The highest BCUT2D eigenvalue weighted by Gasteiger charge is 2.17. The van der Waals surface area contributed by atoms with Crippen molar-refractivity contribution in [2.75, 3.05) is 5.73 Å². The van der Waals surface area contributed by atoms with Gasteiger partial charge in [-0.25, -0.2) is 4.98 Å². The molecule has 2 N–H and O–H groups in total. The summed E-state index contributed by atoms with van der Waals surface area (Å²) in [6.07, 6.45) is 2.22. The van der Waals surface area contributed by atoms with Crippen LogP contribution in [0.4, 0.5) is 5.95 Å². The zero-order chi connectivity index (χ0) is 14.0. The molecule has 104 valence electrons. The highest BCUT2D eigenvalue weighted by Crippen LogP contribution is 2.32. The number of fused-ring (bicyclic) bond motifs is 1. The van der Waals surface area contributed by atoms with Gasteiger partial charge in [-0.3, -0.25) is 0 Å². The summed E-state index contributed by atoms with van der Waals surface area (Å²) in [4.78, 5) is 4.50. The molecule has 1 aromatic carbocycles. The predicted molar refractivity (Wildman–Crippen MR) is 79.5 cm³/mol. The third kappa shape index (κ3) is 2.53. The van der Waals surface area contributed by atoms with Gasteiger partial charge in [-0.05, 0) is 38.8 Å². The van der Waals surface area contributed by atoms with Gasteiger partial charge in [0.2, 0.25) is 5.95 Å². The molecule has 0 fully saturated rings. The van der Waals surface area contributed by atoms with E-state index in [1.54, 1.807) is 0 Å². The molecular weight excluding hydrogens is 238 g/mol. The molecule has 0 atom stereocenters. The summed E-state index contributed by atoms with van der Waals surface area (Å²) in [6.45, 7) is 8.38. The van der Waals surface area contributed by atoms with Crippen molar-refractivity contribution in [2.24, 2.45) is 0 Å². The van der Waals surface area contributed by atoms with Gasteiger partial charge in [0.05, 0.1) is 11.6 Å². The number of nitrogens with zero attached hydrogens (tertiary/aromatic N) is 2. The monoisotopic (exact) mass is 261 g/mol. The van der Waals surface area contributed by atoms with Crippen LogP contribution < -0.4 is 10.5 Å². The molecule has 0 spiro atoms. The lowest BCUT2D eigenvalue weighted by atomic mass is 10.1. The summed E-state index contributed by atoms with van der Waals surface area (Å²) in [7, 11) is 0. The van der Waals surface area contributed by atoms with Crippen LogP contribution in [0.1, 0.15) is 46.6 Å². The summed E-state index contributed by atoms with van der Waals surface area (Å²) >= 11 is 0. The van der Waals surface area contributed by atoms with Crippen molar-refractivity contribution in [2.45, 2.75) is 52.7 Å². The van der Waals surface area contributed by atoms with E-state index in [-0.39, 0.29) is 6.10 Å². The molecule has 0 unspecified atom stereocenters. The second-order valence-corrected chi connectivity index (χ2v) is 5.10. The van der Waals surface area contributed by atoms with Crippen molar-refractivity contribution in [1.29, 1.82) is 0 Å². The molecule has 0 aliphatic heterocycles. The number of rotatable bonds is 5. The Kier molecular flexibility index (Phi) is 3.98. The van der Waals surface area contributed by atoms with Crippen LogP contribution in [0.3, 0.4) is 0 Å². The molecule has 0 aliphatic carbocycles. The Morgan fingerprint density at radius 1 is 1.26 bits per heavy atom. The number of hydrogen-bond donors (Lipinski definition) is 1. The largest absolute Gasteiger partial charge is 0.489 e. The minimum Gasteiger partial charge on any atom is -0.489 e. The Balaban J connectivity index is 2.58. The van der Waals surface area contributed by atoms with Crippen molar-refractivity contribution in [1.82, 2.24) is 9.55 Å². The van der Waals surface area contributed by atoms with E-state index < -0.39 is 0 Å². The number of hydrogen-bond acceptors (Lipinski definition) is 3. The van der Waals surface area contributed by atoms with Crippen molar-refractivity contribution >= 4 is 17.0 Å². The molecule has 0 aliphatic rings. The number of nitrogen functional groups attached to an aromatic ring is 1. The van der Waals surface area contributed by atoms with Crippen LogP contribution in [-0.2, 0) is 0 Å². The molecule has 0 amide bonds. The highest BCUT2D eigenvalue weighted by molar-refractivity contribution is 5.84. The van der Waals surface area contributed by atoms with E-state index >= 15 is 0 Å². The van der Waals surface area contributed by atoms with E-state index in [0.717, 1.165) is 29.6 Å². The molecule has 2 rings (SSSR count). The van der Waals surface area contributed by atoms with E-state index in [9.17, 15) is 0 Å². The van der Waals surface area contributed by atoms with Gasteiger partial charge in [0, 0.05) is 6.04 Å². The van der Waals surface area contributed by atoms with Crippen molar-refractivity contribution in [3.63, 3.8) is 0 Å². The number of imidazole rings is 1. The van der Waals surface area contributed by atoms with Gasteiger partial charge in [0.25, 0.3) is 0 Å². The third-order valence-electron chi connectivity index (χ3n) is 3.38. The SMILES string of the molecule is CCC(CC)n1c(N)nc2c(OC(C)C)cccc21. The van der Waals surface area contributed by atoms with Gasteiger partial charge in [-0.2, -0.15) is 0 Å². The Morgan fingerprint density at radius 3 is 2.53 bits per heavy atom. The number of benzene rings is 1. The second-order valence-electron chi connectivity index (χ2n) is 5.10. The first kappa shape index (κ1) is 13.7. The fourth-order valence-electron chi connectivity index (χ4n) is 2.50. The van der Waals surface area contributed by atoms with Gasteiger partial charge in [0.1, 0.15) is 11.3 Å². The first-order valence-corrected chi connectivity index (χ1v) is 7.01. The van der Waals surface area contributed by atoms with Crippen LogP contribution in [0.15, 0.2) is 18.2 Å². The van der Waals surface area contributed by atoms with Gasteiger partial charge < -0.3 is 15.0 Å². The molecular formula is C15H23N3O. The molecule has 0 radical (unpaired) electrons. The molecule has 2 aromatic rings. The number of para-hydroxylation sites is 1. The lowest BCUT2D eigenvalue weighted by molar-refractivity contribution is 0.245. The highest BCUT2D eigenvalue weighted by atomic mass is 16.5. The van der Waals surface area contributed by atoms with Gasteiger partial charge in [-0.15, -0.1) is 0 Å². The van der Waals surface area contributed by atoms with E-state index in [2.05, 4.69) is 29.5 Å². The maximum absolute atomic E-state index is 6.10. The Labute approximate surface area is 114 Å². The molecule has 0 bridgehead atoms. The summed E-state index contributed by atoms with van der Waals surface area (Å²) in [6, 6.07) is 6.40. The molecule has 4 nitrogen and oxygen atoms in total. The normalized spacial score (nSPS) is 11.7. The number of ether oxygens (including phenoxy) is 1. The fourth-order valence-corrected chi connectivity index (χ4v) is 2.50. The quantitative estimate of drug-likeness (QED) is 0.891. The number of aromatic nitrogens is 2. The maximum atomic E-state index is 6.10. The van der Waals surface area contributed by atoms with Crippen LogP contribution in [0.2, 0.25) is 0 Å². The minimum atomic E-state index is 0.130. The van der Waals surface area contributed by atoms with Crippen LogP contribution >= 0.6 is 0 Å². The maximum Gasteiger partial charge on any atom is 0.201 e. The molecule has 1 heterocycles. The summed E-state index contributed by atoms with van der Waals surface area (Å²) in [5.41, 5.74) is 8.02. The standard InChI is InChI=1S/C15H23N3O/c1-5-11(6-2)18-12-8-7-9-13(19-10(3)4)14(12)17-15(18)16/h7-11H,5-6H2,1-4H3,(H2,16,17). The lowest BCUT2D eigenvalue weighted by Gasteiger charge is -2.17. The molecule has 0 saturated heterocycles. The van der Waals surface area contributed by atoms with Crippen LogP contribution in [0, 0.1) is 0 Å². The zero-order valence-corrected chi connectivity index (χ0v) is 12.2. The average molecular weight is 261 g/mol. The summed E-state index contributed by atoms with van der Waals surface area (Å²) in [5.74, 6) is 1.38. The smallest absolute Gasteiger partial charge is 0.201 e. The van der Waals surface area contributed by atoms with Crippen LogP contribution in [0.25, 0.3) is 11.0 Å². The van der Waals surface area contributed by atoms with E-state index in [1.807, 2.05) is 26.0 Å². The van der Waals surface area contributed by atoms with Crippen molar-refractivity contribution < 1.29 is 4.74 Å². The van der Waals surface area contributed by atoms with Crippen molar-refractivity contribution in [3.05, 3.63) is 18.2 Å². The minimum absolute atomic E-state index is 0.130. The number of anilines is 1. The zero-order valence-electron chi connectivity index (χ0n) is 12.2. The summed E-state index contributed by atoms with van der Waals surface area (Å²) in [5, 5.41) is 0. The van der Waals surface area contributed by atoms with E-state index in [1.165, 1.54) is 0 Å². The Hall–Kier alpha value is -1.71. The van der Waals surface area contributed by atoms with Gasteiger partial charge >= 0.3 is 0 Å². The van der Waals surface area contributed by atoms with Gasteiger partial charge in [-0.1, -0.05) is 19.9 Å². The van der Waals surface area contributed by atoms with E-state index in [4.69, 9.17) is 10.5 Å². The Bertz CT molecular complexity index is 556. The Morgan fingerprint density at radius 2 is 1.95 bits per heavy atom. The average Bonchev–Trinajstić information content (AvgIpc) is 2.69. The molecule has 4 heteroatoms. The summed E-state index contributed by atoms with van der Waals surface area (Å²) < 4.78 is 7.94. The lowest BCUT2D eigenvalue weighted by Crippen LogP contribution is -2.10. The van der Waals surface area contributed by atoms with Gasteiger partial charge in [0.15, 0.2) is 0 Å². The van der Waals surface area contributed by atoms with Crippen LogP contribution in [0.5, 0.6) is 5.75 Å². The third-order valence-corrected chi connectivity index (χ3v) is 3.38. The predicted octanol–water partition coefficient (Wildman–Crippen LogP) is 3.77. The first-order valence-electron chi connectivity index (χ1n) is 7.01. The molecule has 1 aromatic heterocycles. The molecule has 0 saturated carbocycles.